The maximum absolute atomic E-state index is 13.5. The molecule has 1 aliphatic rings. The Labute approximate surface area is 176 Å². The largest absolute Gasteiger partial charge is 0.454 e. The predicted molar refractivity (Wildman–Crippen MR) is 114 cm³/mol. The summed E-state index contributed by atoms with van der Waals surface area (Å²) in [5.74, 6) is 1.06. The molecule has 0 unspecified atom stereocenters. The fourth-order valence-electron chi connectivity index (χ4n) is 3.18. The molecule has 0 spiro atoms. The van der Waals surface area contributed by atoms with Gasteiger partial charge >= 0.3 is 0 Å². The maximum atomic E-state index is 13.5. The lowest BCUT2D eigenvalue weighted by Crippen LogP contribution is -2.30. The standard InChI is InChI=1S/C22H15ClN2O3S/c23-16-7-8-17-20(11-16)29-22(24-17)25(12-14-4-2-1-3-5-14)21(26)15-6-9-18-19(10-15)28-13-27-18/h1-11H,12-13H2. The second-order valence-corrected chi connectivity index (χ2v) is 8.00. The van der Waals surface area contributed by atoms with Gasteiger partial charge < -0.3 is 9.47 Å². The van der Waals surface area contributed by atoms with Gasteiger partial charge in [-0.3, -0.25) is 9.69 Å². The number of hydrogen-bond acceptors (Lipinski definition) is 5. The van der Waals surface area contributed by atoms with Gasteiger partial charge in [0.1, 0.15) is 0 Å². The number of anilines is 1. The molecule has 0 N–H and O–H groups in total. The number of ether oxygens (including phenoxy) is 2. The summed E-state index contributed by atoms with van der Waals surface area (Å²) in [6.45, 7) is 0.570. The van der Waals surface area contributed by atoms with Crippen molar-refractivity contribution in [3.63, 3.8) is 0 Å². The van der Waals surface area contributed by atoms with Gasteiger partial charge in [-0.15, -0.1) is 0 Å². The molecule has 3 aromatic carbocycles. The fraction of sp³-hybridized carbons (Fsp3) is 0.0909. The topological polar surface area (TPSA) is 51.7 Å². The summed E-state index contributed by atoms with van der Waals surface area (Å²) in [6.07, 6.45) is 0. The van der Waals surface area contributed by atoms with Crippen molar-refractivity contribution < 1.29 is 14.3 Å². The van der Waals surface area contributed by atoms with Crippen molar-refractivity contribution in [1.29, 1.82) is 0 Å². The van der Waals surface area contributed by atoms with E-state index in [2.05, 4.69) is 4.98 Å². The molecular weight excluding hydrogens is 408 g/mol. The first-order chi connectivity index (χ1) is 14.2. The van der Waals surface area contributed by atoms with Crippen LogP contribution in [0.2, 0.25) is 5.02 Å². The lowest BCUT2D eigenvalue weighted by Gasteiger charge is -2.20. The zero-order chi connectivity index (χ0) is 19.8. The van der Waals surface area contributed by atoms with Gasteiger partial charge in [0, 0.05) is 10.6 Å². The summed E-state index contributed by atoms with van der Waals surface area (Å²) in [4.78, 5) is 19.8. The van der Waals surface area contributed by atoms with E-state index in [0.29, 0.717) is 33.8 Å². The average Bonchev–Trinajstić information content (AvgIpc) is 3.38. The van der Waals surface area contributed by atoms with Gasteiger partial charge in [0.25, 0.3) is 5.91 Å². The molecule has 5 rings (SSSR count). The highest BCUT2D eigenvalue weighted by Gasteiger charge is 2.24. The number of carbonyl (C=O) groups is 1. The summed E-state index contributed by atoms with van der Waals surface area (Å²) in [5.41, 5.74) is 2.34. The van der Waals surface area contributed by atoms with E-state index in [1.165, 1.54) is 11.3 Å². The van der Waals surface area contributed by atoms with E-state index < -0.39 is 0 Å². The van der Waals surface area contributed by atoms with Gasteiger partial charge in [-0.25, -0.2) is 4.98 Å². The predicted octanol–water partition coefficient (Wildman–Crippen LogP) is 5.53. The normalized spacial score (nSPS) is 12.3. The first-order valence-corrected chi connectivity index (χ1v) is 10.2. The molecule has 1 aliphatic heterocycles. The summed E-state index contributed by atoms with van der Waals surface area (Å²) < 4.78 is 11.7. The van der Waals surface area contributed by atoms with Crippen molar-refractivity contribution in [1.82, 2.24) is 4.98 Å². The van der Waals surface area contributed by atoms with Crippen LogP contribution >= 0.6 is 22.9 Å². The van der Waals surface area contributed by atoms with Crippen LogP contribution in [0.5, 0.6) is 11.5 Å². The SMILES string of the molecule is O=C(c1ccc2c(c1)OCO2)N(Cc1ccccc1)c1nc2ccc(Cl)cc2s1. The van der Waals surface area contributed by atoms with E-state index in [1.807, 2.05) is 42.5 Å². The summed E-state index contributed by atoms with van der Waals surface area (Å²) in [5, 5.41) is 1.26. The summed E-state index contributed by atoms with van der Waals surface area (Å²) in [6, 6.07) is 20.6. The quantitative estimate of drug-likeness (QED) is 0.434. The molecule has 29 heavy (non-hydrogen) atoms. The average molecular weight is 423 g/mol. The van der Waals surface area contributed by atoms with Crippen LogP contribution in [0, 0.1) is 0 Å². The van der Waals surface area contributed by atoms with E-state index in [1.54, 1.807) is 29.2 Å². The third kappa shape index (κ3) is 3.52. The van der Waals surface area contributed by atoms with Gasteiger partial charge in [-0.1, -0.05) is 53.3 Å². The van der Waals surface area contributed by atoms with Crippen LogP contribution in [0.15, 0.2) is 66.7 Å². The number of benzene rings is 3. The van der Waals surface area contributed by atoms with Crippen LogP contribution < -0.4 is 14.4 Å². The third-order valence-corrected chi connectivity index (χ3v) is 5.89. The Balaban J connectivity index is 1.56. The van der Waals surface area contributed by atoms with Crippen LogP contribution in [-0.4, -0.2) is 17.7 Å². The first-order valence-electron chi connectivity index (χ1n) is 8.99. The number of amides is 1. The monoisotopic (exact) mass is 422 g/mol. The van der Waals surface area contributed by atoms with Crippen LogP contribution in [0.4, 0.5) is 5.13 Å². The second kappa shape index (κ2) is 7.39. The van der Waals surface area contributed by atoms with Gasteiger partial charge in [0.05, 0.1) is 16.8 Å². The highest BCUT2D eigenvalue weighted by molar-refractivity contribution is 7.22. The van der Waals surface area contributed by atoms with Crippen molar-refractivity contribution in [2.45, 2.75) is 6.54 Å². The summed E-state index contributed by atoms with van der Waals surface area (Å²) in [7, 11) is 0. The molecule has 0 aliphatic carbocycles. The van der Waals surface area contributed by atoms with E-state index in [-0.39, 0.29) is 12.7 Å². The van der Waals surface area contributed by atoms with Gasteiger partial charge in [0.15, 0.2) is 16.6 Å². The van der Waals surface area contributed by atoms with Gasteiger partial charge in [0.2, 0.25) is 6.79 Å². The Morgan fingerprint density at radius 2 is 1.86 bits per heavy atom. The molecule has 0 bridgehead atoms. The Kier molecular flexibility index (Phi) is 4.58. The van der Waals surface area contributed by atoms with Crippen LogP contribution in [-0.2, 0) is 6.54 Å². The fourth-order valence-corrected chi connectivity index (χ4v) is 4.42. The van der Waals surface area contributed by atoms with Gasteiger partial charge in [-0.2, -0.15) is 0 Å². The summed E-state index contributed by atoms with van der Waals surface area (Å²) >= 11 is 7.56. The van der Waals surface area contributed by atoms with E-state index in [9.17, 15) is 4.79 Å². The Morgan fingerprint density at radius 3 is 2.72 bits per heavy atom. The molecule has 0 saturated carbocycles. The minimum absolute atomic E-state index is 0.155. The Morgan fingerprint density at radius 1 is 1.03 bits per heavy atom. The van der Waals surface area contributed by atoms with E-state index in [4.69, 9.17) is 21.1 Å². The third-order valence-electron chi connectivity index (χ3n) is 4.62. The first kappa shape index (κ1) is 18.0. The molecular formula is C22H15ClN2O3S. The van der Waals surface area contributed by atoms with Crippen molar-refractivity contribution in [3.8, 4) is 11.5 Å². The van der Waals surface area contributed by atoms with E-state index >= 15 is 0 Å². The van der Waals surface area contributed by atoms with Crippen LogP contribution in [0.1, 0.15) is 15.9 Å². The number of rotatable bonds is 4. The number of nitrogens with zero attached hydrogens (tertiary/aromatic N) is 2. The highest BCUT2D eigenvalue weighted by atomic mass is 35.5. The van der Waals surface area contributed by atoms with Gasteiger partial charge in [-0.05, 0) is 42.0 Å². The molecule has 7 heteroatoms. The number of hydrogen-bond donors (Lipinski definition) is 0. The molecule has 5 nitrogen and oxygen atoms in total. The van der Waals surface area contributed by atoms with Crippen molar-refractivity contribution in [2.24, 2.45) is 0 Å². The number of carbonyl (C=O) groups excluding carboxylic acids is 1. The molecule has 0 atom stereocenters. The second-order valence-electron chi connectivity index (χ2n) is 6.55. The van der Waals surface area contributed by atoms with Crippen LogP contribution in [0.25, 0.3) is 10.2 Å². The maximum Gasteiger partial charge on any atom is 0.260 e. The molecule has 1 aromatic heterocycles. The Hall–Kier alpha value is -3.09. The minimum Gasteiger partial charge on any atom is -0.454 e. The molecule has 0 fully saturated rings. The zero-order valence-electron chi connectivity index (χ0n) is 15.2. The number of thiazole rings is 1. The smallest absolute Gasteiger partial charge is 0.260 e. The number of aromatic nitrogens is 1. The Bertz CT molecular complexity index is 1210. The minimum atomic E-state index is -0.155. The van der Waals surface area contributed by atoms with Crippen molar-refractivity contribution >= 4 is 44.2 Å². The molecule has 144 valence electrons. The molecule has 2 heterocycles. The van der Waals surface area contributed by atoms with Crippen molar-refractivity contribution in [2.75, 3.05) is 11.7 Å². The highest BCUT2D eigenvalue weighted by Crippen LogP contribution is 2.35. The molecule has 1 amide bonds. The van der Waals surface area contributed by atoms with Crippen LogP contribution in [0.3, 0.4) is 0 Å². The van der Waals surface area contributed by atoms with E-state index in [0.717, 1.165) is 15.8 Å². The van der Waals surface area contributed by atoms with Crippen molar-refractivity contribution in [3.05, 3.63) is 82.9 Å². The molecule has 4 aromatic rings. The number of fused-ring (bicyclic) bond motifs is 2. The zero-order valence-corrected chi connectivity index (χ0v) is 16.7. The lowest BCUT2D eigenvalue weighted by molar-refractivity contribution is 0.0984. The lowest BCUT2D eigenvalue weighted by atomic mass is 10.1. The molecule has 0 radical (unpaired) electrons. The molecule has 0 saturated heterocycles. The number of halogens is 1.